The first kappa shape index (κ1) is 13.7. The standard InChI is InChI=1S/C18H24O3/c1-18-7-6-12-11-3-2-10(19)8-14(11)16(20)9-13(12)15(18)4-5-17(18)21/h2-3,8,11-13,15-17,20-21H,4-7,9H2,1H3/t11-,12-,13-,15+,16+,17+,18+/m1/s1. The summed E-state index contributed by atoms with van der Waals surface area (Å²) in [5.41, 5.74) is 0.974. The summed E-state index contributed by atoms with van der Waals surface area (Å²) in [4.78, 5) is 11.6. The van der Waals surface area contributed by atoms with E-state index in [0.717, 1.165) is 37.7 Å². The van der Waals surface area contributed by atoms with Gasteiger partial charge in [0.05, 0.1) is 12.2 Å². The number of allylic oxidation sites excluding steroid dienone is 3. The number of fused-ring (bicyclic) bond motifs is 5. The molecule has 3 nitrogen and oxygen atoms in total. The largest absolute Gasteiger partial charge is 0.393 e. The Morgan fingerprint density at radius 2 is 2.00 bits per heavy atom. The number of ketones is 1. The summed E-state index contributed by atoms with van der Waals surface area (Å²) in [6.07, 6.45) is 9.61. The van der Waals surface area contributed by atoms with E-state index in [0.29, 0.717) is 17.8 Å². The normalized spacial score (nSPS) is 52.0. The Hall–Kier alpha value is -0.930. The van der Waals surface area contributed by atoms with Crippen LogP contribution < -0.4 is 0 Å². The number of hydrogen-bond acceptors (Lipinski definition) is 3. The van der Waals surface area contributed by atoms with Crippen LogP contribution in [0.25, 0.3) is 0 Å². The van der Waals surface area contributed by atoms with Crippen molar-refractivity contribution in [2.75, 3.05) is 0 Å². The van der Waals surface area contributed by atoms with Gasteiger partial charge in [-0.25, -0.2) is 0 Å². The highest BCUT2D eigenvalue weighted by Gasteiger charge is 2.56. The monoisotopic (exact) mass is 288 g/mol. The fourth-order valence-corrected chi connectivity index (χ4v) is 5.79. The second-order valence-electron chi connectivity index (χ2n) is 7.75. The van der Waals surface area contributed by atoms with E-state index < -0.39 is 6.10 Å². The lowest BCUT2D eigenvalue weighted by atomic mass is 9.52. The highest BCUT2D eigenvalue weighted by molar-refractivity contribution is 6.01. The molecule has 0 amide bonds. The molecule has 0 unspecified atom stereocenters. The maximum atomic E-state index is 11.6. The number of hydrogen-bond donors (Lipinski definition) is 2. The van der Waals surface area contributed by atoms with Gasteiger partial charge >= 0.3 is 0 Å². The topological polar surface area (TPSA) is 57.5 Å². The van der Waals surface area contributed by atoms with Crippen molar-refractivity contribution in [1.29, 1.82) is 0 Å². The number of carbonyl (C=O) groups is 1. The molecule has 0 heterocycles. The van der Waals surface area contributed by atoms with E-state index in [1.807, 2.05) is 6.08 Å². The molecule has 0 radical (unpaired) electrons. The predicted molar refractivity (Wildman–Crippen MR) is 79.4 cm³/mol. The molecule has 4 aliphatic carbocycles. The molecule has 114 valence electrons. The van der Waals surface area contributed by atoms with Gasteiger partial charge in [-0.15, -0.1) is 0 Å². The lowest BCUT2D eigenvalue weighted by Crippen LogP contribution is -2.49. The van der Waals surface area contributed by atoms with Gasteiger partial charge in [-0.2, -0.15) is 0 Å². The molecule has 0 saturated heterocycles. The van der Waals surface area contributed by atoms with E-state index in [-0.39, 0.29) is 23.2 Å². The Morgan fingerprint density at radius 1 is 1.19 bits per heavy atom. The van der Waals surface area contributed by atoms with Crippen molar-refractivity contribution in [3.05, 3.63) is 23.8 Å². The highest BCUT2D eigenvalue weighted by Crippen LogP contribution is 2.61. The van der Waals surface area contributed by atoms with Crippen LogP contribution >= 0.6 is 0 Å². The van der Waals surface area contributed by atoms with Gasteiger partial charge in [-0.3, -0.25) is 4.79 Å². The summed E-state index contributed by atoms with van der Waals surface area (Å²) in [6, 6.07) is 0. The smallest absolute Gasteiger partial charge is 0.178 e. The maximum absolute atomic E-state index is 11.6. The van der Waals surface area contributed by atoms with Gasteiger partial charge in [0.1, 0.15) is 0 Å². The summed E-state index contributed by atoms with van der Waals surface area (Å²) >= 11 is 0. The zero-order chi connectivity index (χ0) is 14.8. The molecule has 0 aromatic carbocycles. The highest BCUT2D eigenvalue weighted by atomic mass is 16.3. The minimum Gasteiger partial charge on any atom is -0.393 e. The maximum Gasteiger partial charge on any atom is 0.178 e. The van der Waals surface area contributed by atoms with Crippen molar-refractivity contribution in [3.63, 3.8) is 0 Å². The lowest BCUT2D eigenvalue weighted by Gasteiger charge is -2.53. The fourth-order valence-electron chi connectivity index (χ4n) is 5.79. The molecule has 7 atom stereocenters. The average Bonchev–Trinajstić information content (AvgIpc) is 2.76. The van der Waals surface area contributed by atoms with Crippen LogP contribution in [0.2, 0.25) is 0 Å². The third kappa shape index (κ3) is 1.83. The van der Waals surface area contributed by atoms with Crippen LogP contribution in [0.4, 0.5) is 0 Å². The molecule has 3 fully saturated rings. The Labute approximate surface area is 125 Å². The van der Waals surface area contributed by atoms with Gasteiger partial charge in [0.15, 0.2) is 5.78 Å². The summed E-state index contributed by atoms with van der Waals surface area (Å²) < 4.78 is 0. The molecule has 2 N–H and O–H groups in total. The number of rotatable bonds is 0. The minimum atomic E-state index is -0.481. The van der Waals surface area contributed by atoms with Crippen molar-refractivity contribution < 1.29 is 15.0 Å². The van der Waals surface area contributed by atoms with Crippen LogP contribution in [0, 0.1) is 29.1 Å². The van der Waals surface area contributed by atoms with Gasteiger partial charge in [-0.1, -0.05) is 13.0 Å². The fraction of sp³-hybridized carbons (Fsp3) is 0.722. The van der Waals surface area contributed by atoms with E-state index in [2.05, 4.69) is 6.92 Å². The predicted octanol–water partition coefficient (Wildman–Crippen LogP) is 2.24. The number of aliphatic hydroxyl groups excluding tert-OH is 2. The van der Waals surface area contributed by atoms with E-state index in [4.69, 9.17) is 0 Å². The summed E-state index contributed by atoms with van der Waals surface area (Å²) in [5.74, 6) is 1.78. The van der Waals surface area contributed by atoms with E-state index >= 15 is 0 Å². The second-order valence-corrected chi connectivity index (χ2v) is 7.75. The molecule has 4 aliphatic rings. The summed E-state index contributed by atoms with van der Waals surface area (Å²) in [7, 11) is 0. The third-order valence-corrected chi connectivity index (χ3v) is 6.95. The van der Waals surface area contributed by atoms with Crippen molar-refractivity contribution >= 4 is 5.78 Å². The van der Waals surface area contributed by atoms with Crippen molar-refractivity contribution in [1.82, 2.24) is 0 Å². The van der Waals surface area contributed by atoms with Crippen molar-refractivity contribution in [2.24, 2.45) is 29.1 Å². The third-order valence-electron chi connectivity index (χ3n) is 6.95. The quantitative estimate of drug-likeness (QED) is 0.718. The zero-order valence-electron chi connectivity index (χ0n) is 12.5. The molecule has 4 rings (SSSR count). The Kier molecular flexibility index (Phi) is 2.96. The van der Waals surface area contributed by atoms with E-state index in [9.17, 15) is 15.0 Å². The van der Waals surface area contributed by atoms with E-state index in [1.165, 1.54) is 0 Å². The molecule has 0 aromatic rings. The first-order valence-electron chi connectivity index (χ1n) is 8.30. The van der Waals surface area contributed by atoms with Crippen LogP contribution in [0.3, 0.4) is 0 Å². The first-order valence-corrected chi connectivity index (χ1v) is 8.30. The van der Waals surface area contributed by atoms with Gasteiger partial charge in [-0.05, 0) is 73.0 Å². The SMILES string of the molecule is C[C@]12CC[C@H]3[C@@H](C[C@H](O)C4=CC(=O)C=C[C@@H]43)[C@@H]1CC[C@@H]2O. The van der Waals surface area contributed by atoms with Gasteiger partial charge in [0.2, 0.25) is 0 Å². The van der Waals surface area contributed by atoms with Crippen molar-refractivity contribution in [3.8, 4) is 0 Å². The molecule has 0 aromatic heterocycles. The van der Waals surface area contributed by atoms with Crippen LogP contribution in [0.5, 0.6) is 0 Å². The summed E-state index contributed by atoms with van der Waals surface area (Å²) in [5, 5.41) is 20.9. The minimum absolute atomic E-state index is 0.00989. The van der Waals surface area contributed by atoms with Crippen LogP contribution in [-0.2, 0) is 4.79 Å². The Morgan fingerprint density at radius 3 is 2.81 bits per heavy atom. The average molecular weight is 288 g/mol. The van der Waals surface area contributed by atoms with Crippen LogP contribution in [0.1, 0.15) is 39.0 Å². The molecular formula is C18H24O3. The van der Waals surface area contributed by atoms with Gasteiger partial charge in [0, 0.05) is 5.92 Å². The molecule has 0 aliphatic heterocycles. The zero-order valence-corrected chi connectivity index (χ0v) is 12.5. The van der Waals surface area contributed by atoms with Crippen molar-refractivity contribution in [2.45, 2.75) is 51.2 Å². The molecular weight excluding hydrogens is 264 g/mol. The Balaban J connectivity index is 1.68. The van der Waals surface area contributed by atoms with Crippen LogP contribution in [0.15, 0.2) is 23.8 Å². The lowest BCUT2D eigenvalue weighted by molar-refractivity contribution is -0.111. The molecule has 21 heavy (non-hydrogen) atoms. The van der Waals surface area contributed by atoms with Gasteiger partial charge < -0.3 is 10.2 Å². The first-order chi connectivity index (χ1) is 10.0. The van der Waals surface area contributed by atoms with Crippen LogP contribution in [-0.4, -0.2) is 28.2 Å². The number of aliphatic hydroxyl groups is 2. The molecule has 0 spiro atoms. The second kappa shape index (κ2) is 4.53. The Bertz CT molecular complexity index is 535. The molecule has 3 saturated carbocycles. The summed E-state index contributed by atoms with van der Waals surface area (Å²) in [6.45, 7) is 2.24. The molecule has 3 heteroatoms. The van der Waals surface area contributed by atoms with Gasteiger partial charge in [0.25, 0.3) is 0 Å². The van der Waals surface area contributed by atoms with E-state index in [1.54, 1.807) is 12.2 Å². The molecule has 0 bridgehead atoms. The number of carbonyl (C=O) groups excluding carboxylic acids is 1.